The Morgan fingerprint density at radius 3 is 2.24 bits per heavy atom. The first-order chi connectivity index (χ1) is 21.0. The van der Waals surface area contributed by atoms with E-state index in [0.29, 0.717) is 0 Å². The van der Waals surface area contributed by atoms with E-state index in [2.05, 4.69) is 121 Å². The average molecular weight is 787 g/mol. The van der Waals surface area contributed by atoms with Crippen LogP contribution in [0.4, 0.5) is 0 Å². The molecule has 0 aliphatic rings. The minimum absolute atomic E-state index is 0. The molecule has 1 radical (unpaired) electrons. The van der Waals surface area contributed by atoms with E-state index in [1.54, 1.807) is 0 Å². The molecule has 7 aromatic rings. The third-order valence-corrected chi connectivity index (χ3v) is 9.04. The van der Waals surface area contributed by atoms with Crippen LogP contribution in [0.15, 0.2) is 77.5 Å². The molecule has 0 atom stereocenters. The first kappa shape index (κ1) is 32.8. The first-order valence-corrected chi connectivity index (χ1v) is 15.9. The molecule has 3 nitrogen and oxygen atoms in total. The van der Waals surface area contributed by atoms with E-state index in [1.165, 1.54) is 48.2 Å². The van der Waals surface area contributed by atoms with Crippen molar-refractivity contribution in [2.45, 2.75) is 61.8 Å². The summed E-state index contributed by atoms with van der Waals surface area (Å²) < 4.78 is 7.66. The minimum atomic E-state index is 0. The van der Waals surface area contributed by atoms with Crippen molar-refractivity contribution in [3.63, 3.8) is 0 Å². The number of aromatic nitrogens is 2. The van der Waals surface area contributed by atoms with E-state index >= 15 is 0 Å². The van der Waals surface area contributed by atoms with E-state index in [-0.39, 0.29) is 25.5 Å². The number of hydrogen-bond acceptors (Lipinski definition) is 4. The Balaban J connectivity index is 0.000000212. The second-order valence-electron chi connectivity index (χ2n) is 13.1. The molecule has 0 N–H and O–H groups in total. The number of pyridine rings is 2. The van der Waals surface area contributed by atoms with Crippen LogP contribution in [-0.2, 0) is 26.5 Å². The number of nitrogens with zero attached hydrogens (tertiary/aromatic N) is 2. The predicted octanol–water partition coefficient (Wildman–Crippen LogP) is 11.3. The zero-order valence-corrected chi connectivity index (χ0v) is 30.4. The summed E-state index contributed by atoms with van der Waals surface area (Å²) in [4.78, 5) is 10.5. The molecule has 45 heavy (non-hydrogen) atoms. The fraction of sp³-hybridized carbons (Fsp3) is 0.250. The summed E-state index contributed by atoms with van der Waals surface area (Å²) in [5.41, 5.74) is 12.2. The Kier molecular flexibility index (Phi) is 9.46. The van der Waals surface area contributed by atoms with Crippen LogP contribution in [0.5, 0.6) is 0 Å². The van der Waals surface area contributed by atoms with Gasteiger partial charge in [0, 0.05) is 52.8 Å². The van der Waals surface area contributed by atoms with E-state index < -0.39 is 0 Å². The molecular weight excluding hydrogens is 749 g/mol. The third kappa shape index (κ3) is 6.97. The van der Waals surface area contributed by atoms with Gasteiger partial charge in [0.1, 0.15) is 5.58 Å². The van der Waals surface area contributed by atoms with Crippen LogP contribution in [0.2, 0.25) is 0 Å². The largest absolute Gasteiger partial charge is 0.501 e. The van der Waals surface area contributed by atoms with Gasteiger partial charge in [0.05, 0.1) is 5.58 Å². The Labute approximate surface area is 284 Å². The van der Waals surface area contributed by atoms with E-state index in [0.717, 1.165) is 45.5 Å². The molecule has 0 saturated carbocycles. The molecule has 0 amide bonds. The molecule has 0 aliphatic heterocycles. The summed E-state index contributed by atoms with van der Waals surface area (Å²) in [5.74, 6) is 0. The number of thiophene rings is 1. The number of furan rings is 1. The van der Waals surface area contributed by atoms with Crippen molar-refractivity contribution in [3.8, 4) is 22.5 Å². The van der Waals surface area contributed by atoms with Gasteiger partial charge in [-0.05, 0) is 80.2 Å². The van der Waals surface area contributed by atoms with Gasteiger partial charge in [0.15, 0.2) is 0 Å². The number of aryl methyl sites for hydroxylation is 5. The Hall–Kier alpha value is -3.63. The number of rotatable bonds is 3. The summed E-state index contributed by atoms with van der Waals surface area (Å²) >= 11 is 1.83. The molecule has 4 heterocycles. The van der Waals surface area contributed by atoms with Gasteiger partial charge < -0.3 is 14.4 Å². The van der Waals surface area contributed by atoms with Gasteiger partial charge in [0.2, 0.25) is 0 Å². The van der Waals surface area contributed by atoms with Crippen molar-refractivity contribution in [3.05, 3.63) is 118 Å². The molecule has 7 rings (SSSR count). The van der Waals surface area contributed by atoms with E-state index in [1.807, 2.05) is 35.9 Å². The molecule has 0 bridgehead atoms. The van der Waals surface area contributed by atoms with Crippen molar-refractivity contribution >= 4 is 43.4 Å². The summed E-state index contributed by atoms with van der Waals surface area (Å²) in [6.45, 7) is 17.4. The van der Waals surface area contributed by atoms with E-state index in [9.17, 15) is 0 Å². The van der Waals surface area contributed by atoms with Crippen LogP contribution >= 0.6 is 11.3 Å². The van der Waals surface area contributed by atoms with Crippen molar-refractivity contribution in [1.82, 2.24) is 9.97 Å². The second kappa shape index (κ2) is 13.0. The number of benzene rings is 3. The summed E-state index contributed by atoms with van der Waals surface area (Å²) in [6.07, 6.45) is 4.91. The molecule has 0 unspecified atom stereocenters. The average Bonchev–Trinajstić information content (AvgIpc) is 3.55. The molecule has 0 saturated heterocycles. The minimum Gasteiger partial charge on any atom is -0.501 e. The Bertz CT molecular complexity index is 2130. The topological polar surface area (TPSA) is 38.9 Å². The predicted molar refractivity (Wildman–Crippen MR) is 187 cm³/mol. The van der Waals surface area contributed by atoms with Crippen LogP contribution in [0.3, 0.4) is 0 Å². The van der Waals surface area contributed by atoms with Crippen LogP contribution in [0.25, 0.3) is 54.5 Å². The molecule has 0 spiro atoms. The zero-order chi connectivity index (χ0) is 31.2. The van der Waals surface area contributed by atoms with Crippen molar-refractivity contribution in [1.29, 1.82) is 0 Å². The van der Waals surface area contributed by atoms with E-state index in [4.69, 9.17) is 9.40 Å². The molecule has 4 aromatic heterocycles. The maximum atomic E-state index is 6.36. The van der Waals surface area contributed by atoms with Crippen molar-refractivity contribution < 1.29 is 24.5 Å². The van der Waals surface area contributed by atoms with Gasteiger partial charge in [0.25, 0.3) is 0 Å². The smallest absolute Gasteiger partial charge is 0.121 e. The monoisotopic (exact) mass is 787 g/mol. The molecule has 0 aliphatic carbocycles. The standard InChI is InChI=1S/C26H24NOS.C14H14N.Ir/c1-15-14-27-21(12-17(15)13-26(3,4)5)18-7-6-8-19-24-20-11-16(2)29-23(20)10-9-22(24)28-25(18)19;1-10-4-6-13(7-5-10)14-8-11(2)12(3)9-15-14;/h6,8-12,14H,13H2,1-5H3;4-6,8-9H,1-3H3;/q2*-1;. The quantitative estimate of drug-likeness (QED) is 0.168. The van der Waals surface area contributed by atoms with Gasteiger partial charge in [-0.2, -0.15) is 0 Å². The molecule has 0 fully saturated rings. The van der Waals surface area contributed by atoms with Crippen LogP contribution < -0.4 is 0 Å². The van der Waals surface area contributed by atoms with Crippen molar-refractivity contribution in [2.75, 3.05) is 0 Å². The van der Waals surface area contributed by atoms with Crippen LogP contribution in [-0.4, -0.2) is 9.97 Å². The van der Waals surface area contributed by atoms with Gasteiger partial charge in [-0.15, -0.1) is 64.9 Å². The Morgan fingerprint density at radius 1 is 0.778 bits per heavy atom. The van der Waals surface area contributed by atoms with Crippen LogP contribution in [0, 0.1) is 52.2 Å². The summed E-state index contributed by atoms with van der Waals surface area (Å²) in [5, 5.41) is 3.60. The summed E-state index contributed by atoms with van der Waals surface area (Å²) in [7, 11) is 0. The van der Waals surface area contributed by atoms with Gasteiger partial charge in [-0.3, -0.25) is 0 Å². The second-order valence-corrected chi connectivity index (χ2v) is 14.4. The van der Waals surface area contributed by atoms with Crippen molar-refractivity contribution in [2.24, 2.45) is 5.41 Å². The number of fused-ring (bicyclic) bond motifs is 5. The molecule has 5 heteroatoms. The molecular formula is C40H38IrN2OS-2. The fourth-order valence-corrected chi connectivity index (χ4v) is 6.50. The zero-order valence-electron chi connectivity index (χ0n) is 27.2. The normalized spacial score (nSPS) is 11.5. The third-order valence-electron chi connectivity index (χ3n) is 8.02. The maximum absolute atomic E-state index is 6.36. The molecule has 231 valence electrons. The maximum Gasteiger partial charge on any atom is 0.121 e. The fourth-order valence-electron chi connectivity index (χ4n) is 5.57. The van der Waals surface area contributed by atoms with Gasteiger partial charge in [-0.25, -0.2) is 0 Å². The summed E-state index contributed by atoms with van der Waals surface area (Å²) in [6, 6.07) is 27.7. The first-order valence-electron chi connectivity index (χ1n) is 15.1. The molecule has 3 aromatic carbocycles. The SMILES string of the molecule is Cc1c[c-]c(-c2cc(C)c(C)cn2)cc1.Cc1cc2c(ccc3oc4c(-c5cc(CC(C)(C)C)c(C)cn5)[c-]ccc4c32)s1.[Ir]. The Morgan fingerprint density at radius 2 is 1.53 bits per heavy atom. The number of hydrogen-bond donors (Lipinski definition) is 0. The van der Waals surface area contributed by atoms with Crippen LogP contribution in [0.1, 0.15) is 53.5 Å². The van der Waals surface area contributed by atoms with Gasteiger partial charge in [-0.1, -0.05) is 61.9 Å². The van der Waals surface area contributed by atoms with Gasteiger partial charge >= 0.3 is 0 Å².